The van der Waals surface area contributed by atoms with E-state index in [2.05, 4.69) is 15.6 Å². The van der Waals surface area contributed by atoms with E-state index in [0.717, 1.165) is 20.4 Å². The van der Waals surface area contributed by atoms with Gasteiger partial charge in [-0.15, -0.1) is 0 Å². The topological polar surface area (TPSA) is 91.4 Å². The maximum absolute atomic E-state index is 13.2. The Morgan fingerprint density at radius 3 is 2.72 bits per heavy atom. The number of anilines is 1. The first-order valence-corrected chi connectivity index (χ1v) is 11.0. The fourth-order valence-electron chi connectivity index (χ4n) is 3.79. The van der Waals surface area contributed by atoms with Crippen LogP contribution in [-0.4, -0.2) is 34.3 Å². The summed E-state index contributed by atoms with van der Waals surface area (Å²) in [5, 5.41) is 8.34. The van der Waals surface area contributed by atoms with Crippen LogP contribution in [0.1, 0.15) is 12.5 Å². The minimum atomic E-state index is -1.26. The summed E-state index contributed by atoms with van der Waals surface area (Å²) in [4.78, 5) is 43.6. The zero-order valence-corrected chi connectivity index (χ0v) is 18.5. The average Bonchev–Trinajstić information content (AvgIpc) is 3.26. The van der Waals surface area contributed by atoms with E-state index in [0.29, 0.717) is 21.2 Å². The second-order valence-electron chi connectivity index (χ2n) is 7.69. The average molecular weight is 465 g/mol. The Hall–Kier alpha value is -3.49. The van der Waals surface area contributed by atoms with Gasteiger partial charge >= 0.3 is 6.03 Å². The van der Waals surface area contributed by atoms with Crippen LogP contribution < -0.4 is 10.6 Å². The van der Waals surface area contributed by atoms with Crippen LogP contribution in [0.2, 0.25) is 5.02 Å². The van der Waals surface area contributed by atoms with Gasteiger partial charge < -0.3 is 10.6 Å². The van der Waals surface area contributed by atoms with Gasteiger partial charge in [0, 0.05) is 5.02 Å². The van der Waals surface area contributed by atoms with E-state index in [9.17, 15) is 14.4 Å². The zero-order valence-electron chi connectivity index (χ0n) is 16.9. The number of rotatable bonds is 4. The number of aromatic nitrogens is 1. The summed E-state index contributed by atoms with van der Waals surface area (Å²) in [7, 11) is 0. The number of thiazole rings is 1. The third-order valence-electron chi connectivity index (χ3n) is 5.50. The number of hydrogen-bond donors (Lipinski definition) is 2. The molecule has 1 aromatic heterocycles. The van der Waals surface area contributed by atoms with E-state index in [-0.39, 0.29) is 0 Å². The van der Waals surface area contributed by atoms with Crippen molar-refractivity contribution < 1.29 is 14.4 Å². The van der Waals surface area contributed by atoms with Crippen LogP contribution in [0.15, 0.2) is 60.7 Å². The van der Waals surface area contributed by atoms with Gasteiger partial charge in [0.1, 0.15) is 12.1 Å². The van der Waals surface area contributed by atoms with Crippen LogP contribution in [0.4, 0.5) is 9.93 Å². The maximum atomic E-state index is 13.2. The molecule has 1 aliphatic rings. The highest BCUT2D eigenvalue weighted by Crippen LogP contribution is 2.31. The quantitative estimate of drug-likeness (QED) is 0.435. The molecule has 2 N–H and O–H groups in total. The SMILES string of the molecule is CC1(c2ccc3ccccc3c2)NC(=O)N(CC(=O)Nc2nc3ccc(Cl)cc3s2)C1=O. The molecule has 3 aromatic carbocycles. The van der Waals surface area contributed by atoms with Gasteiger partial charge in [0.2, 0.25) is 5.91 Å². The van der Waals surface area contributed by atoms with Crippen molar-refractivity contribution in [2.75, 3.05) is 11.9 Å². The molecule has 0 aliphatic carbocycles. The lowest BCUT2D eigenvalue weighted by Crippen LogP contribution is -2.42. The lowest BCUT2D eigenvalue weighted by molar-refractivity contribution is -0.133. The summed E-state index contributed by atoms with van der Waals surface area (Å²) in [6.07, 6.45) is 0. The van der Waals surface area contributed by atoms with Gasteiger partial charge in [-0.25, -0.2) is 9.78 Å². The molecule has 0 bridgehead atoms. The summed E-state index contributed by atoms with van der Waals surface area (Å²) in [5.41, 5.74) is 0.0997. The number of nitrogens with one attached hydrogen (secondary N) is 2. The van der Waals surface area contributed by atoms with E-state index in [4.69, 9.17) is 11.6 Å². The number of carbonyl (C=O) groups is 3. The zero-order chi connectivity index (χ0) is 22.5. The lowest BCUT2D eigenvalue weighted by Gasteiger charge is -2.22. The van der Waals surface area contributed by atoms with E-state index >= 15 is 0 Å². The molecule has 4 amide bonds. The normalized spacial score (nSPS) is 18.4. The van der Waals surface area contributed by atoms with Crippen molar-refractivity contribution in [1.82, 2.24) is 15.2 Å². The van der Waals surface area contributed by atoms with Gasteiger partial charge in [-0.2, -0.15) is 0 Å². The van der Waals surface area contributed by atoms with Gasteiger partial charge in [-0.1, -0.05) is 59.3 Å². The van der Waals surface area contributed by atoms with E-state index in [1.54, 1.807) is 25.1 Å². The molecule has 32 heavy (non-hydrogen) atoms. The lowest BCUT2D eigenvalue weighted by atomic mass is 9.90. The maximum Gasteiger partial charge on any atom is 0.325 e. The Morgan fingerprint density at radius 1 is 1.12 bits per heavy atom. The molecule has 0 saturated carbocycles. The predicted molar refractivity (Wildman–Crippen MR) is 125 cm³/mol. The summed E-state index contributed by atoms with van der Waals surface area (Å²) < 4.78 is 0.826. The summed E-state index contributed by atoms with van der Waals surface area (Å²) >= 11 is 7.26. The van der Waals surface area contributed by atoms with Crippen molar-refractivity contribution in [2.24, 2.45) is 0 Å². The van der Waals surface area contributed by atoms with Gasteiger partial charge in [-0.3, -0.25) is 14.5 Å². The minimum Gasteiger partial charge on any atom is -0.319 e. The molecule has 1 aliphatic heterocycles. The highest BCUT2D eigenvalue weighted by Gasteiger charge is 2.49. The first kappa shape index (κ1) is 20.4. The van der Waals surface area contributed by atoms with Crippen molar-refractivity contribution >= 4 is 66.9 Å². The van der Waals surface area contributed by atoms with Gasteiger partial charge in [0.25, 0.3) is 5.91 Å². The Morgan fingerprint density at radius 2 is 1.91 bits per heavy atom. The number of fused-ring (bicyclic) bond motifs is 2. The largest absolute Gasteiger partial charge is 0.325 e. The van der Waals surface area contributed by atoms with Crippen molar-refractivity contribution in [3.63, 3.8) is 0 Å². The highest BCUT2D eigenvalue weighted by atomic mass is 35.5. The van der Waals surface area contributed by atoms with Crippen LogP contribution in [0.3, 0.4) is 0 Å². The predicted octanol–water partition coefficient (Wildman–Crippen LogP) is 4.51. The number of nitrogens with zero attached hydrogens (tertiary/aromatic N) is 2. The number of carbonyl (C=O) groups excluding carboxylic acids is 3. The number of benzene rings is 3. The molecule has 5 rings (SSSR count). The first-order chi connectivity index (χ1) is 15.3. The molecule has 1 saturated heterocycles. The van der Waals surface area contributed by atoms with E-state index < -0.39 is 29.9 Å². The van der Waals surface area contributed by atoms with Gasteiger partial charge in [-0.05, 0) is 47.5 Å². The molecular formula is C23H17ClN4O3S. The second kappa shape index (κ2) is 7.58. The van der Waals surface area contributed by atoms with Crippen LogP contribution >= 0.6 is 22.9 Å². The van der Waals surface area contributed by atoms with Crippen molar-refractivity contribution in [1.29, 1.82) is 0 Å². The van der Waals surface area contributed by atoms with Crippen LogP contribution in [-0.2, 0) is 15.1 Å². The van der Waals surface area contributed by atoms with Crippen molar-refractivity contribution in [3.05, 3.63) is 71.2 Å². The number of hydrogen-bond acceptors (Lipinski definition) is 5. The Bertz CT molecular complexity index is 1420. The molecule has 4 aromatic rings. The molecule has 0 spiro atoms. The van der Waals surface area contributed by atoms with Gasteiger partial charge in [0.05, 0.1) is 10.2 Å². The highest BCUT2D eigenvalue weighted by molar-refractivity contribution is 7.22. The standard InChI is InChI=1S/C23H17ClN4O3S/c1-23(15-7-6-13-4-2-3-5-14(13)10-15)20(30)28(22(31)27-23)12-19(29)26-21-25-17-9-8-16(24)11-18(17)32-21/h2-11H,12H2,1H3,(H,27,31)(H,25,26,29). The van der Waals surface area contributed by atoms with E-state index in [1.165, 1.54) is 11.3 Å². The monoisotopic (exact) mass is 464 g/mol. The third kappa shape index (κ3) is 3.47. The van der Waals surface area contributed by atoms with Gasteiger partial charge in [0.15, 0.2) is 5.13 Å². The smallest absolute Gasteiger partial charge is 0.319 e. The Balaban J connectivity index is 1.35. The number of amides is 4. The van der Waals surface area contributed by atoms with Crippen LogP contribution in [0.5, 0.6) is 0 Å². The van der Waals surface area contributed by atoms with Crippen LogP contribution in [0, 0.1) is 0 Å². The fourth-order valence-corrected chi connectivity index (χ4v) is 4.95. The van der Waals surface area contributed by atoms with Crippen LogP contribution in [0.25, 0.3) is 21.0 Å². The molecule has 1 atom stereocenters. The summed E-state index contributed by atoms with van der Waals surface area (Å²) in [6, 6.07) is 18.0. The fraction of sp³-hybridized carbons (Fsp3) is 0.130. The third-order valence-corrected chi connectivity index (χ3v) is 6.67. The molecule has 9 heteroatoms. The Kier molecular flexibility index (Phi) is 4.83. The molecule has 7 nitrogen and oxygen atoms in total. The molecule has 1 unspecified atom stereocenters. The Labute approximate surface area is 192 Å². The molecule has 160 valence electrons. The minimum absolute atomic E-state index is 0.372. The van der Waals surface area contributed by atoms with Crippen molar-refractivity contribution in [2.45, 2.75) is 12.5 Å². The van der Waals surface area contributed by atoms with Crippen molar-refractivity contribution in [3.8, 4) is 0 Å². The van der Waals surface area contributed by atoms with E-state index in [1.807, 2.05) is 42.5 Å². The number of urea groups is 1. The first-order valence-electron chi connectivity index (χ1n) is 9.83. The molecule has 0 radical (unpaired) electrons. The summed E-state index contributed by atoms with van der Waals surface area (Å²) in [6.45, 7) is 1.23. The summed E-state index contributed by atoms with van der Waals surface area (Å²) in [5.74, 6) is -0.995. The second-order valence-corrected chi connectivity index (χ2v) is 9.15. The molecule has 1 fully saturated rings. The number of halogens is 1. The molecular weight excluding hydrogens is 448 g/mol. The molecule has 2 heterocycles. The number of imide groups is 1.